The molecule has 28 heavy (non-hydrogen) atoms. The van der Waals surface area contributed by atoms with Crippen molar-refractivity contribution in [3.63, 3.8) is 0 Å². The molecule has 2 aromatic heterocycles. The lowest BCUT2D eigenvalue weighted by Gasteiger charge is -2.22. The van der Waals surface area contributed by atoms with Crippen LogP contribution in [0, 0.1) is 11.8 Å². The molecule has 1 amide bonds. The fourth-order valence-electron chi connectivity index (χ4n) is 3.55. The van der Waals surface area contributed by atoms with E-state index in [1.807, 2.05) is 12.1 Å². The van der Waals surface area contributed by atoms with E-state index in [9.17, 15) is 4.79 Å². The van der Waals surface area contributed by atoms with Crippen LogP contribution < -0.4 is 16.0 Å². The number of carbonyl (C=O) groups is 1. The van der Waals surface area contributed by atoms with E-state index in [0.717, 1.165) is 56.9 Å². The molecule has 148 valence electrons. The van der Waals surface area contributed by atoms with Crippen LogP contribution in [0.2, 0.25) is 0 Å². The predicted octanol–water partition coefficient (Wildman–Crippen LogP) is 1.93. The normalized spacial score (nSPS) is 20.1. The third-order valence-corrected chi connectivity index (χ3v) is 5.28. The number of pyridine rings is 1. The Bertz CT molecular complexity index is 803. The minimum Gasteiger partial charge on any atom is -0.385 e. The van der Waals surface area contributed by atoms with Crippen molar-refractivity contribution in [3.8, 4) is 11.4 Å². The lowest BCUT2D eigenvalue weighted by atomic mass is 10.0. The molecule has 2 fully saturated rings. The van der Waals surface area contributed by atoms with Crippen LogP contribution in [-0.2, 0) is 9.53 Å². The molecule has 2 aliphatic rings. The van der Waals surface area contributed by atoms with E-state index in [2.05, 4.69) is 30.9 Å². The van der Waals surface area contributed by atoms with Crippen molar-refractivity contribution in [1.29, 1.82) is 0 Å². The second-order valence-corrected chi connectivity index (χ2v) is 7.31. The molecule has 0 aromatic carbocycles. The fraction of sp³-hybridized carbons (Fsp3) is 0.500. The van der Waals surface area contributed by atoms with Gasteiger partial charge in [-0.1, -0.05) is 0 Å². The van der Waals surface area contributed by atoms with Gasteiger partial charge in [-0.3, -0.25) is 15.1 Å². The second-order valence-electron chi connectivity index (χ2n) is 7.31. The summed E-state index contributed by atoms with van der Waals surface area (Å²) in [6.07, 6.45) is 6.45. The molecular weight excluding hydrogens is 356 g/mol. The van der Waals surface area contributed by atoms with E-state index in [1.165, 1.54) is 0 Å². The number of rotatable bonds is 6. The Hall–Kier alpha value is -2.58. The molecule has 3 N–H and O–H groups in total. The number of amides is 1. The van der Waals surface area contributed by atoms with E-state index in [1.54, 1.807) is 18.5 Å². The standard InChI is InChI=1S/C20H26N6O2/c27-19(15-1-6-21-13-15)26-20-23-8-3-17(25-20)18-11-16(2-7-22-18)24-12-14-4-9-28-10-5-14/h2-3,7-8,11,14-15,21H,1,4-6,9-10,12-13H2,(H,22,24)(H,23,25,26,27). The van der Waals surface area contributed by atoms with Gasteiger partial charge in [0, 0.05) is 44.4 Å². The average molecular weight is 382 g/mol. The number of ether oxygens (including phenoxy) is 1. The number of aromatic nitrogens is 3. The summed E-state index contributed by atoms with van der Waals surface area (Å²) in [6.45, 7) is 4.19. The highest BCUT2D eigenvalue weighted by molar-refractivity contribution is 5.91. The molecule has 1 atom stereocenters. The van der Waals surface area contributed by atoms with Gasteiger partial charge in [0.25, 0.3) is 0 Å². The number of hydrogen-bond donors (Lipinski definition) is 3. The van der Waals surface area contributed by atoms with Crippen LogP contribution in [0.1, 0.15) is 19.3 Å². The highest BCUT2D eigenvalue weighted by Crippen LogP contribution is 2.21. The molecule has 8 heteroatoms. The molecule has 1 unspecified atom stereocenters. The fourth-order valence-corrected chi connectivity index (χ4v) is 3.55. The number of anilines is 2. The average Bonchev–Trinajstić information content (AvgIpc) is 3.29. The van der Waals surface area contributed by atoms with Crippen LogP contribution in [0.4, 0.5) is 11.6 Å². The summed E-state index contributed by atoms with van der Waals surface area (Å²) >= 11 is 0. The summed E-state index contributed by atoms with van der Waals surface area (Å²) in [4.78, 5) is 25.4. The monoisotopic (exact) mass is 382 g/mol. The van der Waals surface area contributed by atoms with E-state index < -0.39 is 0 Å². The maximum atomic E-state index is 12.3. The topological polar surface area (TPSA) is 101 Å². The van der Waals surface area contributed by atoms with Crippen LogP contribution in [0.5, 0.6) is 0 Å². The largest absolute Gasteiger partial charge is 0.385 e. The third kappa shape index (κ3) is 4.82. The van der Waals surface area contributed by atoms with Gasteiger partial charge in [-0.25, -0.2) is 9.97 Å². The highest BCUT2D eigenvalue weighted by Gasteiger charge is 2.23. The molecule has 0 aliphatic carbocycles. The first-order valence-corrected chi connectivity index (χ1v) is 9.90. The first-order valence-electron chi connectivity index (χ1n) is 9.90. The summed E-state index contributed by atoms with van der Waals surface area (Å²) in [5.41, 5.74) is 2.44. The molecule has 2 aromatic rings. The van der Waals surface area contributed by atoms with Gasteiger partial charge in [0.15, 0.2) is 0 Å². The molecule has 2 saturated heterocycles. The maximum absolute atomic E-state index is 12.3. The smallest absolute Gasteiger partial charge is 0.231 e. The van der Waals surface area contributed by atoms with Crippen LogP contribution >= 0.6 is 0 Å². The number of hydrogen-bond acceptors (Lipinski definition) is 7. The van der Waals surface area contributed by atoms with E-state index in [4.69, 9.17) is 4.74 Å². The van der Waals surface area contributed by atoms with E-state index in [-0.39, 0.29) is 11.8 Å². The quantitative estimate of drug-likeness (QED) is 0.702. The predicted molar refractivity (Wildman–Crippen MR) is 107 cm³/mol. The Labute approximate surface area is 164 Å². The Balaban J connectivity index is 1.41. The van der Waals surface area contributed by atoms with Crippen molar-refractivity contribution in [2.45, 2.75) is 19.3 Å². The van der Waals surface area contributed by atoms with Crippen LogP contribution in [0.25, 0.3) is 11.4 Å². The van der Waals surface area contributed by atoms with Gasteiger partial charge < -0.3 is 15.4 Å². The van der Waals surface area contributed by atoms with Crippen LogP contribution in [0.3, 0.4) is 0 Å². The Morgan fingerprint density at radius 1 is 1.14 bits per heavy atom. The van der Waals surface area contributed by atoms with Gasteiger partial charge in [0.2, 0.25) is 11.9 Å². The number of nitrogens with zero attached hydrogens (tertiary/aromatic N) is 3. The zero-order valence-electron chi connectivity index (χ0n) is 15.9. The molecule has 0 bridgehead atoms. The summed E-state index contributed by atoms with van der Waals surface area (Å²) in [6, 6.07) is 5.74. The van der Waals surface area contributed by atoms with Gasteiger partial charge in [-0.05, 0) is 49.9 Å². The molecule has 0 saturated carbocycles. The van der Waals surface area contributed by atoms with E-state index in [0.29, 0.717) is 24.1 Å². The van der Waals surface area contributed by atoms with Crippen molar-refractivity contribution in [2.75, 3.05) is 43.5 Å². The lowest BCUT2D eigenvalue weighted by Crippen LogP contribution is -2.25. The molecule has 2 aliphatic heterocycles. The number of nitrogens with one attached hydrogen (secondary N) is 3. The molecule has 8 nitrogen and oxygen atoms in total. The maximum Gasteiger partial charge on any atom is 0.231 e. The van der Waals surface area contributed by atoms with Gasteiger partial charge in [0.05, 0.1) is 17.3 Å². The zero-order valence-corrected chi connectivity index (χ0v) is 15.9. The minimum atomic E-state index is -0.0398. The van der Waals surface area contributed by atoms with Crippen molar-refractivity contribution >= 4 is 17.5 Å². The first-order chi connectivity index (χ1) is 13.8. The SMILES string of the molecule is O=C(Nc1nccc(-c2cc(NCC3CCOCC3)ccn2)n1)C1CCNC1. The lowest BCUT2D eigenvalue weighted by molar-refractivity contribution is -0.119. The highest BCUT2D eigenvalue weighted by atomic mass is 16.5. The second kappa shape index (κ2) is 9.07. The van der Waals surface area contributed by atoms with Crippen molar-refractivity contribution in [3.05, 3.63) is 30.6 Å². The molecule has 0 radical (unpaired) electrons. The van der Waals surface area contributed by atoms with Crippen molar-refractivity contribution in [1.82, 2.24) is 20.3 Å². The van der Waals surface area contributed by atoms with Gasteiger partial charge in [-0.2, -0.15) is 0 Å². The van der Waals surface area contributed by atoms with Crippen LogP contribution in [-0.4, -0.2) is 53.7 Å². The van der Waals surface area contributed by atoms with Gasteiger partial charge >= 0.3 is 0 Å². The van der Waals surface area contributed by atoms with Gasteiger partial charge in [-0.15, -0.1) is 0 Å². The summed E-state index contributed by atoms with van der Waals surface area (Å²) in [5, 5.41) is 9.51. The van der Waals surface area contributed by atoms with E-state index >= 15 is 0 Å². The molecule has 4 rings (SSSR count). The summed E-state index contributed by atoms with van der Waals surface area (Å²) in [5.74, 6) is 0.887. The van der Waals surface area contributed by atoms with Crippen molar-refractivity contribution < 1.29 is 9.53 Å². The van der Waals surface area contributed by atoms with Gasteiger partial charge in [0.1, 0.15) is 0 Å². The minimum absolute atomic E-state index is 0.0249. The zero-order chi connectivity index (χ0) is 19.2. The third-order valence-electron chi connectivity index (χ3n) is 5.28. The number of carbonyl (C=O) groups excluding carboxylic acids is 1. The molecule has 0 spiro atoms. The Morgan fingerprint density at radius 2 is 2.00 bits per heavy atom. The molecule has 4 heterocycles. The van der Waals surface area contributed by atoms with Crippen LogP contribution in [0.15, 0.2) is 30.6 Å². The Kier molecular flexibility index (Phi) is 6.08. The van der Waals surface area contributed by atoms with Crippen molar-refractivity contribution in [2.24, 2.45) is 11.8 Å². The Morgan fingerprint density at radius 3 is 2.82 bits per heavy atom. The summed E-state index contributed by atoms with van der Waals surface area (Å²) in [7, 11) is 0. The first kappa shape index (κ1) is 18.8. The molecular formula is C20H26N6O2. The summed E-state index contributed by atoms with van der Waals surface area (Å²) < 4.78 is 5.41.